The molecule has 0 saturated carbocycles. The van der Waals surface area contributed by atoms with Gasteiger partial charge in [0, 0.05) is 28.6 Å². The number of fused-ring (bicyclic) bond motifs is 3. The van der Waals surface area contributed by atoms with Crippen LogP contribution in [0.1, 0.15) is 81.0 Å². The van der Waals surface area contributed by atoms with Crippen molar-refractivity contribution in [3.05, 3.63) is 75.8 Å². The minimum absolute atomic E-state index is 0.117. The first-order valence-electron chi connectivity index (χ1n) is 13.4. The normalized spacial score (nSPS) is 24.0. The Hall–Kier alpha value is -2.83. The molecule has 38 heavy (non-hydrogen) atoms. The van der Waals surface area contributed by atoms with Gasteiger partial charge in [0.1, 0.15) is 17.9 Å². The molecular weight excluding hydrogens is 502 g/mol. The number of carbonyl (C=O) groups is 2. The minimum Gasteiger partial charge on any atom is -0.487 e. The number of hydrogen-bond donors (Lipinski definition) is 1. The summed E-state index contributed by atoms with van der Waals surface area (Å²) in [6.07, 6.45) is 6.48. The summed E-state index contributed by atoms with van der Waals surface area (Å²) in [6, 6.07) is 12.8. The van der Waals surface area contributed by atoms with Crippen molar-refractivity contribution in [2.45, 2.75) is 77.6 Å². The van der Waals surface area contributed by atoms with E-state index >= 15 is 0 Å². The molecule has 1 fully saturated rings. The fourth-order valence-corrected chi connectivity index (χ4v) is 5.74. The van der Waals surface area contributed by atoms with E-state index in [2.05, 4.69) is 33.8 Å². The van der Waals surface area contributed by atoms with E-state index in [1.165, 1.54) is 10.5 Å². The van der Waals surface area contributed by atoms with Gasteiger partial charge in [0.2, 0.25) is 0 Å². The summed E-state index contributed by atoms with van der Waals surface area (Å²) in [4.78, 5) is 26.5. The van der Waals surface area contributed by atoms with Crippen molar-refractivity contribution in [3.63, 3.8) is 0 Å². The fourth-order valence-electron chi connectivity index (χ4n) is 5.62. The molecule has 6 nitrogen and oxygen atoms in total. The molecular formula is C31H38ClNO5. The maximum absolute atomic E-state index is 13.6. The van der Waals surface area contributed by atoms with Crippen LogP contribution in [-0.2, 0) is 16.0 Å². The van der Waals surface area contributed by atoms with Gasteiger partial charge in [0.25, 0.3) is 5.91 Å². The van der Waals surface area contributed by atoms with E-state index in [9.17, 15) is 14.7 Å². The first kappa shape index (κ1) is 28.2. The topological polar surface area (TPSA) is 76.1 Å². The van der Waals surface area contributed by atoms with Crippen LogP contribution >= 0.6 is 11.6 Å². The van der Waals surface area contributed by atoms with E-state index in [-0.39, 0.29) is 42.7 Å². The lowest BCUT2D eigenvalue weighted by Gasteiger charge is -2.50. The highest BCUT2D eigenvalue weighted by Crippen LogP contribution is 2.52. The molecule has 2 aliphatic rings. The Balaban J connectivity index is 1.59. The highest BCUT2D eigenvalue weighted by Gasteiger charge is 2.49. The Kier molecular flexibility index (Phi) is 8.84. The maximum atomic E-state index is 13.6. The number of hydrogen-bond acceptors (Lipinski definition) is 4. The maximum Gasteiger partial charge on any atom is 0.323 e. The highest BCUT2D eigenvalue weighted by molar-refractivity contribution is 6.30. The SMILES string of the molecule is CC(C)=CCC[C@]1(C)Oc2ccc(C(=O)N(CCc3ccc(Cl)cc3)CC(=O)O)cc2[C@@H]2O[C@H](C)CC[C@H]21. The zero-order valence-corrected chi connectivity index (χ0v) is 23.5. The van der Waals surface area contributed by atoms with Crippen molar-refractivity contribution in [1.82, 2.24) is 4.90 Å². The van der Waals surface area contributed by atoms with Gasteiger partial charge >= 0.3 is 5.97 Å². The van der Waals surface area contributed by atoms with Crippen LogP contribution in [0.4, 0.5) is 0 Å². The molecule has 7 heteroatoms. The van der Waals surface area contributed by atoms with Crippen molar-refractivity contribution in [3.8, 4) is 5.75 Å². The molecule has 4 atom stereocenters. The summed E-state index contributed by atoms with van der Waals surface area (Å²) < 4.78 is 13.1. The number of carboxylic acids is 1. The second-order valence-corrected chi connectivity index (χ2v) is 11.5. The molecule has 0 radical (unpaired) electrons. The van der Waals surface area contributed by atoms with Crippen LogP contribution in [-0.4, -0.2) is 46.7 Å². The average Bonchev–Trinajstić information content (AvgIpc) is 2.86. The predicted molar refractivity (Wildman–Crippen MR) is 149 cm³/mol. The van der Waals surface area contributed by atoms with E-state index in [1.54, 1.807) is 18.2 Å². The molecule has 0 spiro atoms. The molecule has 0 aliphatic carbocycles. The lowest BCUT2D eigenvalue weighted by Crippen LogP contribution is -2.50. The Labute approximate surface area is 230 Å². The summed E-state index contributed by atoms with van der Waals surface area (Å²) >= 11 is 5.98. The van der Waals surface area contributed by atoms with E-state index < -0.39 is 5.97 Å². The summed E-state index contributed by atoms with van der Waals surface area (Å²) in [5.74, 6) is -0.460. The number of allylic oxidation sites excluding steroid dienone is 2. The van der Waals surface area contributed by atoms with Gasteiger partial charge in [-0.3, -0.25) is 9.59 Å². The van der Waals surface area contributed by atoms with E-state index in [0.29, 0.717) is 17.0 Å². The molecule has 0 bridgehead atoms. The molecule has 204 valence electrons. The second-order valence-electron chi connectivity index (χ2n) is 11.0. The largest absolute Gasteiger partial charge is 0.487 e. The van der Waals surface area contributed by atoms with Crippen molar-refractivity contribution < 1.29 is 24.2 Å². The lowest BCUT2D eigenvalue weighted by molar-refractivity contribution is -0.152. The van der Waals surface area contributed by atoms with Gasteiger partial charge in [-0.1, -0.05) is 35.4 Å². The number of carbonyl (C=O) groups excluding carboxylic acids is 1. The first-order valence-corrected chi connectivity index (χ1v) is 13.8. The minimum atomic E-state index is -1.05. The Bertz CT molecular complexity index is 1190. The number of nitrogens with zero attached hydrogens (tertiary/aromatic N) is 1. The number of amides is 1. The molecule has 2 aromatic rings. The molecule has 0 aromatic heterocycles. The van der Waals surface area contributed by atoms with Gasteiger partial charge < -0.3 is 19.5 Å². The highest BCUT2D eigenvalue weighted by atomic mass is 35.5. The predicted octanol–water partition coefficient (Wildman–Crippen LogP) is 6.86. The van der Waals surface area contributed by atoms with E-state index in [1.807, 2.05) is 24.3 Å². The lowest BCUT2D eigenvalue weighted by atomic mass is 9.72. The van der Waals surface area contributed by atoms with Gasteiger partial charge in [0.05, 0.1) is 12.2 Å². The molecule has 0 unspecified atom stereocenters. The smallest absolute Gasteiger partial charge is 0.323 e. The molecule has 1 amide bonds. The molecule has 2 heterocycles. The Morgan fingerprint density at radius 3 is 2.58 bits per heavy atom. The zero-order valence-electron chi connectivity index (χ0n) is 22.7. The van der Waals surface area contributed by atoms with Crippen LogP contribution in [0.15, 0.2) is 54.1 Å². The summed E-state index contributed by atoms with van der Waals surface area (Å²) in [5, 5.41) is 10.1. The number of halogens is 1. The van der Waals surface area contributed by atoms with Gasteiger partial charge in [-0.15, -0.1) is 0 Å². The van der Waals surface area contributed by atoms with Gasteiger partial charge in [0.15, 0.2) is 0 Å². The molecule has 2 aliphatic heterocycles. The molecule has 2 aromatic carbocycles. The monoisotopic (exact) mass is 539 g/mol. The number of aliphatic carboxylic acids is 1. The van der Waals surface area contributed by atoms with Crippen LogP contribution in [0.5, 0.6) is 5.75 Å². The average molecular weight is 540 g/mol. The molecule has 4 rings (SSSR count). The van der Waals surface area contributed by atoms with Crippen LogP contribution < -0.4 is 4.74 Å². The molecule has 1 saturated heterocycles. The van der Waals surface area contributed by atoms with Crippen LogP contribution in [0.25, 0.3) is 0 Å². The number of benzene rings is 2. The first-order chi connectivity index (χ1) is 18.1. The number of rotatable bonds is 9. The van der Waals surface area contributed by atoms with Gasteiger partial charge in [-0.2, -0.15) is 0 Å². The summed E-state index contributed by atoms with van der Waals surface area (Å²) in [7, 11) is 0. The van der Waals surface area contributed by atoms with E-state index in [0.717, 1.165) is 42.6 Å². The van der Waals surface area contributed by atoms with Crippen molar-refractivity contribution in [1.29, 1.82) is 0 Å². The van der Waals surface area contributed by atoms with Crippen molar-refractivity contribution in [2.75, 3.05) is 13.1 Å². The van der Waals surface area contributed by atoms with Gasteiger partial charge in [-0.05, 0) is 95.7 Å². The third kappa shape index (κ3) is 6.59. The second kappa shape index (κ2) is 11.9. The summed E-state index contributed by atoms with van der Waals surface area (Å²) in [5.41, 5.74) is 3.22. The van der Waals surface area contributed by atoms with Gasteiger partial charge in [-0.25, -0.2) is 0 Å². The Morgan fingerprint density at radius 1 is 1.16 bits per heavy atom. The van der Waals surface area contributed by atoms with Crippen LogP contribution in [0.2, 0.25) is 5.02 Å². The third-order valence-corrected chi connectivity index (χ3v) is 7.96. The fraction of sp³-hybridized carbons (Fsp3) is 0.484. The summed E-state index contributed by atoms with van der Waals surface area (Å²) in [6.45, 7) is 8.39. The van der Waals surface area contributed by atoms with Crippen LogP contribution in [0, 0.1) is 5.92 Å². The van der Waals surface area contributed by atoms with Crippen molar-refractivity contribution >= 4 is 23.5 Å². The van der Waals surface area contributed by atoms with Crippen molar-refractivity contribution in [2.24, 2.45) is 5.92 Å². The standard InChI is InChI=1S/C31H38ClNO5/c1-20(2)6-5-16-31(4)26-13-7-21(3)37-29(26)25-18-23(10-14-27(25)38-31)30(36)33(19-28(34)35)17-15-22-8-11-24(32)12-9-22/h6,8-12,14,18,21,26,29H,5,7,13,15-17,19H2,1-4H3,(H,34,35)/t21-,26-,29+,31+/m1/s1. The zero-order chi connectivity index (χ0) is 27.4. The van der Waals surface area contributed by atoms with E-state index in [4.69, 9.17) is 21.1 Å². The quantitative estimate of drug-likeness (QED) is 0.352. The number of ether oxygens (including phenoxy) is 2. The Morgan fingerprint density at radius 2 is 1.89 bits per heavy atom. The number of carboxylic acid groups (broad SMARTS) is 1. The molecule has 1 N–H and O–H groups in total. The van der Waals surface area contributed by atoms with Crippen LogP contribution in [0.3, 0.4) is 0 Å². The third-order valence-electron chi connectivity index (χ3n) is 7.71.